The summed E-state index contributed by atoms with van der Waals surface area (Å²) in [6.07, 6.45) is 2.19. The van der Waals surface area contributed by atoms with Crippen LogP contribution in [0.2, 0.25) is 0 Å². The minimum atomic E-state index is -3.83. The zero-order chi connectivity index (χ0) is 22.0. The summed E-state index contributed by atoms with van der Waals surface area (Å²) in [4.78, 5) is 22.4. The van der Waals surface area contributed by atoms with Crippen molar-refractivity contribution in [3.63, 3.8) is 0 Å². The molecule has 1 amide bonds. The highest BCUT2D eigenvalue weighted by molar-refractivity contribution is 7.89. The van der Waals surface area contributed by atoms with Crippen molar-refractivity contribution in [2.75, 3.05) is 11.5 Å². The Morgan fingerprint density at radius 2 is 2.10 bits per heavy atom. The number of amides is 1. The van der Waals surface area contributed by atoms with Crippen molar-refractivity contribution in [2.24, 2.45) is 0 Å². The van der Waals surface area contributed by atoms with Gasteiger partial charge in [0.2, 0.25) is 15.9 Å². The number of anilines is 1. The molecule has 31 heavy (non-hydrogen) atoms. The molecule has 1 N–H and O–H groups in total. The number of carbonyl (C=O) groups excluding carboxylic acids is 1. The van der Waals surface area contributed by atoms with E-state index < -0.39 is 10.0 Å². The smallest absolute Gasteiger partial charge is 0.265 e. The van der Waals surface area contributed by atoms with Gasteiger partial charge >= 0.3 is 0 Å². The van der Waals surface area contributed by atoms with Crippen LogP contribution in [0.3, 0.4) is 0 Å². The average molecular weight is 443 g/mol. The lowest BCUT2D eigenvalue weighted by Crippen LogP contribution is -2.38. The zero-order valence-corrected chi connectivity index (χ0v) is 17.8. The third-order valence-electron chi connectivity index (χ3n) is 4.77. The Bertz CT molecular complexity index is 1210. The fraction of sp³-hybridized carbons (Fsp3) is 0.300. The van der Waals surface area contributed by atoms with E-state index in [0.717, 1.165) is 0 Å². The third-order valence-corrected chi connectivity index (χ3v) is 6.31. The normalized spacial score (nSPS) is 13.7. The summed E-state index contributed by atoms with van der Waals surface area (Å²) in [7, 11) is -3.83. The molecular formula is C20H21N5O5S. The summed E-state index contributed by atoms with van der Waals surface area (Å²) in [5, 5.41) is 3.89. The summed E-state index contributed by atoms with van der Waals surface area (Å²) < 4.78 is 38.9. The standard InChI is InChI=1S/C20H21N5O5S/c1-3-19-23-18(24-30-19)11-25-15-8-13(2)17(9-16(15)29-12-20(25)26)31(27,28)22-10-14-6-4-5-7-21-14/h4-9,22H,3,10-12H2,1-2H3. The Kier molecular flexibility index (Phi) is 5.70. The van der Waals surface area contributed by atoms with Crippen molar-refractivity contribution < 1.29 is 22.5 Å². The number of carbonyl (C=O) groups is 1. The van der Waals surface area contributed by atoms with Gasteiger partial charge in [-0.3, -0.25) is 14.7 Å². The minimum Gasteiger partial charge on any atom is -0.482 e. The number of rotatable bonds is 7. The Hall–Kier alpha value is -3.31. The lowest BCUT2D eigenvalue weighted by atomic mass is 10.1. The highest BCUT2D eigenvalue weighted by atomic mass is 32.2. The van der Waals surface area contributed by atoms with E-state index in [1.54, 1.807) is 37.4 Å². The van der Waals surface area contributed by atoms with Crippen LogP contribution in [0.4, 0.5) is 5.69 Å². The second-order valence-corrected chi connectivity index (χ2v) is 8.69. The summed E-state index contributed by atoms with van der Waals surface area (Å²) in [5.74, 6) is 0.859. The van der Waals surface area contributed by atoms with Crippen LogP contribution in [0.5, 0.6) is 5.75 Å². The average Bonchev–Trinajstić information content (AvgIpc) is 3.23. The van der Waals surface area contributed by atoms with Crippen LogP contribution < -0.4 is 14.4 Å². The molecule has 1 aliphatic heterocycles. The molecular weight excluding hydrogens is 422 g/mol. The number of sulfonamides is 1. The molecule has 0 fully saturated rings. The molecule has 0 bridgehead atoms. The first-order valence-electron chi connectivity index (χ1n) is 9.66. The maximum Gasteiger partial charge on any atom is 0.265 e. The number of benzene rings is 1. The van der Waals surface area contributed by atoms with Crippen LogP contribution in [0.15, 0.2) is 45.9 Å². The lowest BCUT2D eigenvalue weighted by molar-refractivity contribution is -0.121. The number of nitrogens with one attached hydrogen (secondary N) is 1. The van der Waals surface area contributed by atoms with Crippen LogP contribution in [0, 0.1) is 6.92 Å². The molecule has 11 heteroatoms. The van der Waals surface area contributed by atoms with Crippen molar-refractivity contribution in [3.05, 3.63) is 59.5 Å². The summed E-state index contributed by atoms with van der Waals surface area (Å²) in [6, 6.07) is 8.32. The molecule has 0 saturated heterocycles. The number of aryl methyl sites for hydroxylation is 2. The molecule has 3 heterocycles. The van der Waals surface area contributed by atoms with Crippen molar-refractivity contribution in [3.8, 4) is 5.75 Å². The first kappa shape index (κ1) is 20.9. The highest BCUT2D eigenvalue weighted by Gasteiger charge is 2.30. The predicted octanol–water partition coefficient (Wildman–Crippen LogP) is 1.74. The summed E-state index contributed by atoms with van der Waals surface area (Å²) in [6.45, 7) is 3.50. The molecule has 3 aromatic rings. The van der Waals surface area contributed by atoms with Crippen molar-refractivity contribution >= 4 is 21.6 Å². The molecule has 0 atom stereocenters. The molecule has 1 aliphatic rings. The topological polar surface area (TPSA) is 128 Å². The molecule has 0 saturated carbocycles. The number of nitrogens with zero attached hydrogens (tertiary/aromatic N) is 4. The highest BCUT2D eigenvalue weighted by Crippen LogP contribution is 2.37. The van der Waals surface area contributed by atoms with Crippen molar-refractivity contribution in [2.45, 2.75) is 38.3 Å². The molecule has 10 nitrogen and oxygen atoms in total. The van der Waals surface area contributed by atoms with Gasteiger partial charge in [0.25, 0.3) is 5.91 Å². The Labute approximate surface area is 179 Å². The second-order valence-electron chi connectivity index (χ2n) is 6.96. The fourth-order valence-corrected chi connectivity index (χ4v) is 4.42. The first-order chi connectivity index (χ1) is 14.9. The van der Waals surface area contributed by atoms with Gasteiger partial charge in [0.05, 0.1) is 29.4 Å². The number of fused-ring (bicyclic) bond motifs is 1. The quantitative estimate of drug-likeness (QED) is 0.585. The second kappa shape index (κ2) is 8.44. The van der Waals surface area contributed by atoms with Gasteiger partial charge in [0.1, 0.15) is 5.75 Å². The van der Waals surface area contributed by atoms with Crippen LogP contribution in [0.1, 0.15) is 29.9 Å². The van der Waals surface area contributed by atoms with Gasteiger partial charge < -0.3 is 9.26 Å². The Morgan fingerprint density at radius 3 is 2.81 bits per heavy atom. The number of hydrogen-bond donors (Lipinski definition) is 1. The monoisotopic (exact) mass is 443 g/mol. The maximum absolute atomic E-state index is 12.9. The SMILES string of the molecule is CCc1nc(CN2C(=O)COc3cc(S(=O)(=O)NCc4ccccn4)c(C)cc32)no1. The van der Waals surface area contributed by atoms with Gasteiger partial charge in [0.15, 0.2) is 12.4 Å². The van der Waals surface area contributed by atoms with Crippen LogP contribution >= 0.6 is 0 Å². The Morgan fingerprint density at radius 1 is 1.26 bits per heavy atom. The van der Waals surface area contributed by atoms with E-state index in [9.17, 15) is 13.2 Å². The van der Waals surface area contributed by atoms with E-state index >= 15 is 0 Å². The van der Waals surface area contributed by atoms with Gasteiger partial charge in [0, 0.05) is 18.7 Å². The van der Waals surface area contributed by atoms with E-state index in [2.05, 4.69) is 19.8 Å². The van der Waals surface area contributed by atoms with Gasteiger partial charge in [-0.1, -0.05) is 18.1 Å². The number of ether oxygens (including phenoxy) is 1. The number of aromatic nitrogens is 3. The van der Waals surface area contributed by atoms with E-state index in [0.29, 0.717) is 40.8 Å². The van der Waals surface area contributed by atoms with Gasteiger partial charge in [-0.25, -0.2) is 13.1 Å². The predicted molar refractivity (Wildman–Crippen MR) is 110 cm³/mol. The lowest BCUT2D eigenvalue weighted by Gasteiger charge is -2.29. The molecule has 0 unspecified atom stereocenters. The molecule has 0 spiro atoms. The van der Waals surface area contributed by atoms with Gasteiger partial charge in [-0.2, -0.15) is 4.98 Å². The van der Waals surface area contributed by atoms with Crippen LogP contribution in [-0.2, 0) is 34.3 Å². The minimum absolute atomic E-state index is 0.0583. The van der Waals surface area contributed by atoms with E-state index in [4.69, 9.17) is 9.26 Å². The first-order valence-corrected chi connectivity index (χ1v) is 11.1. The van der Waals surface area contributed by atoms with E-state index in [1.165, 1.54) is 11.0 Å². The fourth-order valence-electron chi connectivity index (χ4n) is 3.18. The largest absolute Gasteiger partial charge is 0.482 e. The van der Waals surface area contributed by atoms with Crippen LogP contribution in [0.25, 0.3) is 0 Å². The zero-order valence-electron chi connectivity index (χ0n) is 17.0. The Balaban J connectivity index is 1.61. The summed E-state index contributed by atoms with van der Waals surface area (Å²) >= 11 is 0. The molecule has 2 aromatic heterocycles. The van der Waals surface area contributed by atoms with Gasteiger partial charge in [-0.05, 0) is 30.7 Å². The van der Waals surface area contributed by atoms with Crippen molar-refractivity contribution in [1.82, 2.24) is 19.8 Å². The molecule has 4 rings (SSSR count). The number of hydrogen-bond acceptors (Lipinski definition) is 8. The van der Waals surface area contributed by atoms with Crippen LogP contribution in [-0.4, -0.2) is 36.1 Å². The number of pyridine rings is 1. The molecule has 0 radical (unpaired) electrons. The van der Waals surface area contributed by atoms with Gasteiger partial charge in [-0.15, -0.1) is 0 Å². The van der Waals surface area contributed by atoms with E-state index in [1.807, 2.05) is 6.92 Å². The van der Waals surface area contributed by atoms with E-state index in [-0.39, 0.29) is 30.5 Å². The van der Waals surface area contributed by atoms with Crippen molar-refractivity contribution in [1.29, 1.82) is 0 Å². The third kappa shape index (κ3) is 4.42. The molecule has 0 aliphatic carbocycles. The maximum atomic E-state index is 12.9. The molecule has 1 aromatic carbocycles. The molecule has 162 valence electrons. The summed E-state index contributed by atoms with van der Waals surface area (Å²) in [5.41, 5.74) is 1.53.